The first-order valence-electron chi connectivity index (χ1n) is 8.58. The van der Waals surface area contributed by atoms with Crippen molar-refractivity contribution >= 4 is 28.2 Å². The zero-order valence-electron chi connectivity index (χ0n) is 14.8. The molecule has 1 amide bonds. The number of esters is 1. The topological polar surface area (TPSA) is 85.6 Å². The molecule has 0 saturated heterocycles. The zero-order valence-corrected chi connectivity index (χ0v) is 15.6. The molecule has 0 aliphatic heterocycles. The maximum atomic E-state index is 13.4. The minimum atomic E-state index is -0.375. The van der Waals surface area contributed by atoms with Crippen LogP contribution in [0.4, 0.5) is 4.39 Å². The molecular weight excluding hydrogens is 371 g/mol. The molecule has 2 aromatic heterocycles. The molecule has 3 aromatic rings. The largest absolute Gasteiger partial charge is 0.466 e. The van der Waals surface area contributed by atoms with Gasteiger partial charge in [-0.2, -0.15) is 4.98 Å². The number of ether oxygens (including phenoxy) is 1. The summed E-state index contributed by atoms with van der Waals surface area (Å²) >= 11 is 1.43. The molecule has 3 rings (SSSR count). The van der Waals surface area contributed by atoms with Crippen LogP contribution in [0.1, 0.15) is 25.5 Å². The van der Waals surface area contributed by atoms with Gasteiger partial charge in [-0.15, -0.1) is 16.4 Å². The predicted molar refractivity (Wildman–Crippen MR) is 98.8 cm³/mol. The molecule has 0 atom stereocenters. The Morgan fingerprint density at radius 2 is 2.19 bits per heavy atom. The molecule has 0 radical (unpaired) electrons. The molecule has 9 heteroatoms. The summed E-state index contributed by atoms with van der Waals surface area (Å²) in [6.07, 6.45) is 0.741. The second kappa shape index (κ2) is 8.72. The molecule has 0 unspecified atom stereocenters. The van der Waals surface area contributed by atoms with Gasteiger partial charge >= 0.3 is 5.97 Å². The Labute approximate surface area is 159 Å². The van der Waals surface area contributed by atoms with Crippen molar-refractivity contribution in [3.63, 3.8) is 0 Å². The summed E-state index contributed by atoms with van der Waals surface area (Å²) in [7, 11) is 0. The van der Waals surface area contributed by atoms with Gasteiger partial charge in [0.1, 0.15) is 5.82 Å². The first kappa shape index (κ1) is 19.0. The van der Waals surface area contributed by atoms with E-state index in [1.54, 1.807) is 23.6 Å². The summed E-state index contributed by atoms with van der Waals surface area (Å²) in [5.41, 5.74) is 1.51. The Balaban J connectivity index is 1.56. The van der Waals surface area contributed by atoms with Crippen LogP contribution < -0.4 is 5.32 Å². The molecule has 0 aliphatic rings. The van der Waals surface area contributed by atoms with E-state index < -0.39 is 0 Å². The second-order valence-corrected chi connectivity index (χ2v) is 6.61. The highest BCUT2D eigenvalue weighted by atomic mass is 32.1. The van der Waals surface area contributed by atoms with Crippen LogP contribution in [0.25, 0.3) is 16.3 Å². The lowest BCUT2D eigenvalue weighted by atomic mass is 10.2. The van der Waals surface area contributed by atoms with Gasteiger partial charge in [0.2, 0.25) is 10.9 Å². The number of carbonyl (C=O) groups is 2. The minimum Gasteiger partial charge on any atom is -0.466 e. The summed E-state index contributed by atoms with van der Waals surface area (Å²) in [5.74, 6) is -0.453. The highest BCUT2D eigenvalue weighted by molar-refractivity contribution is 7.15. The predicted octanol–water partition coefficient (Wildman–Crippen LogP) is 2.60. The quantitative estimate of drug-likeness (QED) is 0.598. The SMILES string of the molecule is CCOC(=O)CCC(=O)NCCc1csc2nc(-c3cccc(F)c3)nn12. The van der Waals surface area contributed by atoms with Gasteiger partial charge in [-0.3, -0.25) is 9.59 Å². The van der Waals surface area contributed by atoms with Gasteiger partial charge in [-0.05, 0) is 19.1 Å². The molecule has 7 nitrogen and oxygen atoms in total. The van der Waals surface area contributed by atoms with Crippen LogP contribution in [0.3, 0.4) is 0 Å². The average Bonchev–Trinajstić information content (AvgIpc) is 3.22. The maximum Gasteiger partial charge on any atom is 0.306 e. The van der Waals surface area contributed by atoms with E-state index in [1.165, 1.54) is 23.5 Å². The van der Waals surface area contributed by atoms with Gasteiger partial charge in [-0.25, -0.2) is 8.91 Å². The monoisotopic (exact) mass is 390 g/mol. The van der Waals surface area contributed by atoms with Gasteiger partial charge in [0.15, 0.2) is 5.82 Å². The van der Waals surface area contributed by atoms with Crippen LogP contribution in [0, 0.1) is 5.82 Å². The van der Waals surface area contributed by atoms with Crippen molar-refractivity contribution in [2.24, 2.45) is 0 Å². The molecule has 1 N–H and O–H groups in total. The molecule has 27 heavy (non-hydrogen) atoms. The number of hydrogen-bond acceptors (Lipinski definition) is 6. The summed E-state index contributed by atoms with van der Waals surface area (Å²) in [6, 6.07) is 6.14. The van der Waals surface area contributed by atoms with E-state index >= 15 is 0 Å². The molecule has 2 heterocycles. The fraction of sp³-hybridized carbons (Fsp3) is 0.333. The molecule has 1 aromatic carbocycles. The zero-order chi connectivity index (χ0) is 19.2. The molecule has 0 aliphatic carbocycles. The van der Waals surface area contributed by atoms with Gasteiger partial charge in [-0.1, -0.05) is 12.1 Å². The molecular formula is C18H19FN4O3S. The number of nitrogens with one attached hydrogen (secondary N) is 1. The number of aromatic nitrogens is 3. The Morgan fingerprint density at radius 1 is 1.33 bits per heavy atom. The highest BCUT2D eigenvalue weighted by Gasteiger charge is 2.12. The van der Waals surface area contributed by atoms with E-state index in [0.29, 0.717) is 35.9 Å². The van der Waals surface area contributed by atoms with Crippen molar-refractivity contribution < 1.29 is 18.7 Å². The van der Waals surface area contributed by atoms with Gasteiger partial charge in [0.25, 0.3) is 0 Å². The van der Waals surface area contributed by atoms with Crippen molar-refractivity contribution in [1.29, 1.82) is 0 Å². The van der Waals surface area contributed by atoms with Crippen molar-refractivity contribution in [1.82, 2.24) is 19.9 Å². The number of amides is 1. The van der Waals surface area contributed by atoms with Crippen LogP contribution >= 0.6 is 11.3 Å². The number of benzene rings is 1. The Morgan fingerprint density at radius 3 is 2.96 bits per heavy atom. The number of rotatable bonds is 8. The lowest BCUT2D eigenvalue weighted by Crippen LogP contribution is -2.26. The van der Waals surface area contributed by atoms with Crippen molar-refractivity contribution in [2.75, 3.05) is 13.2 Å². The van der Waals surface area contributed by atoms with Gasteiger partial charge < -0.3 is 10.1 Å². The van der Waals surface area contributed by atoms with E-state index in [1.807, 2.05) is 5.38 Å². The Kier molecular flexibility index (Phi) is 6.12. The van der Waals surface area contributed by atoms with Crippen molar-refractivity contribution in [3.05, 3.63) is 41.2 Å². The smallest absolute Gasteiger partial charge is 0.306 e. The van der Waals surface area contributed by atoms with Gasteiger partial charge in [0, 0.05) is 30.3 Å². The van der Waals surface area contributed by atoms with E-state index in [4.69, 9.17) is 4.74 Å². The number of fused-ring (bicyclic) bond motifs is 1. The van der Waals surface area contributed by atoms with Crippen molar-refractivity contribution in [3.8, 4) is 11.4 Å². The third kappa shape index (κ3) is 4.88. The standard InChI is InChI=1S/C18H19FN4O3S/c1-2-26-16(25)7-6-15(24)20-9-8-14-11-27-18-21-17(22-23(14)18)12-4-3-5-13(19)10-12/h3-5,10-11H,2,6-9H2,1H3,(H,20,24). The molecule has 0 fully saturated rings. The summed E-state index contributed by atoms with van der Waals surface area (Å²) in [4.78, 5) is 28.2. The van der Waals surface area contributed by atoms with Crippen LogP contribution in [-0.2, 0) is 20.7 Å². The summed E-state index contributed by atoms with van der Waals surface area (Å²) < 4.78 is 19.9. The van der Waals surface area contributed by atoms with E-state index in [0.717, 1.165) is 5.69 Å². The minimum absolute atomic E-state index is 0.0719. The molecule has 0 bridgehead atoms. The fourth-order valence-electron chi connectivity index (χ4n) is 2.51. The van der Waals surface area contributed by atoms with Crippen LogP contribution in [0.5, 0.6) is 0 Å². The van der Waals surface area contributed by atoms with E-state index in [-0.39, 0.29) is 30.5 Å². The normalized spacial score (nSPS) is 10.9. The van der Waals surface area contributed by atoms with Crippen molar-refractivity contribution in [2.45, 2.75) is 26.2 Å². The van der Waals surface area contributed by atoms with E-state index in [2.05, 4.69) is 15.4 Å². The Bertz CT molecular complexity index is 953. The van der Waals surface area contributed by atoms with Crippen LogP contribution in [-0.4, -0.2) is 39.6 Å². The van der Waals surface area contributed by atoms with Gasteiger partial charge in [0.05, 0.1) is 18.7 Å². The number of thiazole rings is 1. The summed E-state index contributed by atoms with van der Waals surface area (Å²) in [6.45, 7) is 2.45. The van der Waals surface area contributed by atoms with Crippen LogP contribution in [0.2, 0.25) is 0 Å². The fourth-order valence-corrected chi connectivity index (χ4v) is 3.37. The number of nitrogens with zero attached hydrogens (tertiary/aromatic N) is 3. The second-order valence-electron chi connectivity index (χ2n) is 5.77. The lowest BCUT2D eigenvalue weighted by molar-refractivity contribution is -0.144. The third-order valence-electron chi connectivity index (χ3n) is 3.80. The third-order valence-corrected chi connectivity index (χ3v) is 4.66. The molecule has 142 valence electrons. The average molecular weight is 390 g/mol. The van der Waals surface area contributed by atoms with Crippen LogP contribution in [0.15, 0.2) is 29.6 Å². The first-order chi connectivity index (χ1) is 13.1. The number of hydrogen-bond donors (Lipinski definition) is 1. The number of halogens is 1. The maximum absolute atomic E-state index is 13.4. The Hall–Kier alpha value is -2.81. The molecule has 0 spiro atoms. The number of carbonyl (C=O) groups excluding carboxylic acids is 2. The lowest BCUT2D eigenvalue weighted by Gasteiger charge is -2.04. The van der Waals surface area contributed by atoms with E-state index in [9.17, 15) is 14.0 Å². The first-order valence-corrected chi connectivity index (χ1v) is 9.46. The molecule has 0 saturated carbocycles. The highest BCUT2D eigenvalue weighted by Crippen LogP contribution is 2.21. The summed E-state index contributed by atoms with van der Waals surface area (Å²) in [5, 5.41) is 9.14.